The zero-order valence-corrected chi connectivity index (χ0v) is 14.5. The average molecular weight is 352 g/mol. The predicted molar refractivity (Wildman–Crippen MR) is 91.4 cm³/mol. The third kappa shape index (κ3) is 5.90. The number of para-hydroxylation sites is 1. The molecule has 0 saturated carbocycles. The molecule has 4 nitrogen and oxygen atoms in total. The van der Waals surface area contributed by atoms with Gasteiger partial charge in [-0.3, -0.25) is 0 Å². The van der Waals surface area contributed by atoms with Gasteiger partial charge in [-0.25, -0.2) is 0 Å². The molecule has 2 aromatic carbocycles. The molecular formula is C19H24F2NO3+. The van der Waals surface area contributed by atoms with Gasteiger partial charge in [-0.05, 0) is 36.8 Å². The molecule has 0 saturated heterocycles. The Morgan fingerprint density at radius 3 is 2.48 bits per heavy atom. The van der Waals surface area contributed by atoms with Crippen molar-refractivity contribution in [2.75, 3.05) is 20.3 Å². The summed E-state index contributed by atoms with van der Waals surface area (Å²) in [6, 6.07) is 13.1. The van der Waals surface area contributed by atoms with Gasteiger partial charge < -0.3 is 19.5 Å². The highest BCUT2D eigenvalue weighted by atomic mass is 19.3. The molecule has 2 aromatic rings. The van der Waals surface area contributed by atoms with Crippen LogP contribution < -0.4 is 19.5 Å². The van der Waals surface area contributed by atoms with Crippen LogP contribution in [0.3, 0.4) is 0 Å². The summed E-state index contributed by atoms with van der Waals surface area (Å²) in [7, 11) is 1.64. The number of benzene rings is 2. The number of ether oxygens (including phenoxy) is 3. The maximum absolute atomic E-state index is 12.7. The quantitative estimate of drug-likeness (QED) is 0.669. The molecule has 136 valence electrons. The van der Waals surface area contributed by atoms with Crippen molar-refractivity contribution in [1.82, 2.24) is 0 Å². The zero-order chi connectivity index (χ0) is 18.1. The molecular weight excluding hydrogens is 328 g/mol. The molecule has 25 heavy (non-hydrogen) atoms. The van der Waals surface area contributed by atoms with Gasteiger partial charge in [0.1, 0.15) is 12.3 Å². The molecule has 0 bridgehead atoms. The molecule has 0 spiro atoms. The summed E-state index contributed by atoms with van der Waals surface area (Å²) in [6.07, 6.45) is 0.875. The first kappa shape index (κ1) is 19.0. The topological polar surface area (TPSA) is 44.3 Å². The highest BCUT2D eigenvalue weighted by molar-refractivity contribution is 5.46. The lowest BCUT2D eigenvalue weighted by atomic mass is 10.1. The van der Waals surface area contributed by atoms with E-state index < -0.39 is 6.61 Å². The lowest BCUT2D eigenvalue weighted by Gasteiger charge is -2.14. The van der Waals surface area contributed by atoms with Crippen molar-refractivity contribution in [3.8, 4) is 17.2 Å². The van der Waals surface area contributed by atoms with Crippen molar-refractivity contribution in [3.05, 3.63) is 53.6 Å². The maximum Gasteiger partial charge on any atom is 0.387 e. The molecule has 0 atom stereocenters. The summed E-state index contributed by atoms with van der Waals surface area (Å²) >= 11 is 0. The third-order valence-corrected chi connectivity index (χ3v) is 3.73. The van der Waals surface area contributed by atoms with Gasteiger partial charge >= 0.3 is 6.61 Å². The molecule has 6 heteroatoms. The molecule has 2 rings (SSSR count). The predicted octanol–water partition coefficient (Wildman–Crippen LogP) is 3.00. The van der Waals surface area contributed by atoms with Crippen LogP contribution in [0.15, 0.2) is 42.5 Å². The van der Waals surface area contributed by atoms with E-state index in [1.807, 2.05) is 24.3 Å². The van der Waals surface area contributed by atoms with Crippen molar-refractivity contribution in [1.29, 1.82) is 0 Å². The Kier molecular flexibility index (Phi) is 7.47. The van der Waals surface area contributed by atoms with Gasteiger partial charge in [0.2, 0.25) is 0 Å². The molecule has 0 aliphatic rings. The van der Waals surface area contributed by atoms with E-state index in [0.717, 1.165) is 18.7 Å². The van der Waals surface area contributed by atoms with Gasteiger partial charge in [-0.2, -0.15) is 8.78 Å². The molecule has 0 heterocycles. The fourth-order valence-corrected chi connectivity index (χ4v) is 2.53. The van der Waals surface area contributed by atoms with E-state index >= 15 is 0 Å². The minimum Gasteiger partial charge on any atom is -0.497 e. The molecule has 0 amide bonds. The van der Waals surface area contributed by atoms with Crippen LogP contribution in [-0.4, -0.2) is 26.9 Å². The fraction of sp³-hybridized carbons (Fsp3) is 0.368. The van der Waals surface area contributed by atoms with Crippen LogP contribution in [0.25, 0.3) is 0 Å². The Morgan fingerprint density at radius 1 is 1.08 bits per heavy atom. The van der Waals surface area contributed by atoms with Gasteiger partial charge in [0, 0.05) is 6.42 Å². The minimum atomic E-state index is -2.88. The molecule has 0 aliphatic heterocycles. The van der Waals surface area contributed by atoms with Crippen LogP contribution in [0.1, 0.15) is 18.1 Å². The smallest absolute Gasteiger partial charge is 0.387 e. The second kappa shape index (κ2) is 9.84. The SMILES string of the molecule is CCOc1cccc(C[NH2+]CCc2ccc(OC)cc2)c1OC(F)F. The van der Waals surface area contributed by atoms with Gasteiger partial charge in [0.05, 0.1) is 25.8 Å². The standard InChI is InChI=1S/C19H23F2NO3/c1-3-24-17-6-4-5-15(18(17)25-19(20)21)13-22-12-11-14-7-9-16(23-2)10-8-14/h4-10,19,22H,3,11-13H2,1-2H3/p+1. The summed E-state index contributed by atoms with van der Waals surface area (Å²) < 4.78 is 40.6. The number of hydrogen-bond donors (Lipinski definition) is 1. The number of methoxy groups -OCH3 is 1. The summed E-state index contributed by atoms with van der Waals surface area (Å²) in [6.45, 7) is 0.697. The number of nitrogens with two attached hydrogens (primary N) is 1. The van der Waals surface area contributed by atoms with Crippen LogP contribution in [-0.2, 0) is 13.0 Å². The second-order valence-electron chi connectivity index (χ2n) is 5.44. The van der Waals surface area contributed by atoms with Crippen molar-refractivity contribution >= 4 is 0 Å². The number of hydrogen-bond acceptors (Lipinski definition) is 3. The maximum atomic E-state index is 12.7. The first-order valence-electron chi connectivity index (χ1n) is 8.28. The summed E-state index contributed by atoms with van der Waals surface area (Å²) in [5, 5.41) is 2.06. The molecule has 0 unspecified atom stereocenters. The Labute approximate surface area is 146 Å². The van der Waals surface area contributed by atoms with E-state index in [2.05, 4.69) is 10.1 Å². The number of halogens is 2. The van der Waals surface area contributed by atoms with Crippen LogP contribution in [0.5, 0.6) is 17.2 Å². The van der Waals surface area contributed by atoms with E-state index in [0.29, 0.717) is 24.5 Å². The van der Waals surface area contributed by atoms with E-state index in [4.69, 9.17) is 9.47 Å². The lowest BCUT2D eigenvalue weighted by molar-refractivity contribution is -0.670. The second-order valence-corrected chi connectivity index (χ2v) is 5.44. The Morgan fingerprint density at radius 2 is 1.84 bits per heavy atom. The van der Waals surface area contributed by atoms with Crippen LogP contribution in [0, 0.1) is 0 Å². The highest BCUT2D eigenvalue weighted by Gasteiger charge is 2.16. The highest BCUT2D eigenvalue weighted by Crippen LogP contribution is 2.32. The normalized spacial score (nSPS) is 10.8. The summed E-state index contributed by atoms with van der Waals surface area (Å²) in [5.74, 6) is 1.30. The Bertz CT molecular complexity index is 648. The van der Waals surface area contributed by atoms with E-state index in [1.165, 1.54) is 5.56 Å². The Hall–Kier alpha value is -2.34. The van der Waals surface area contributed by atoms with E-state index in [1.54, 1.807) is 32.2 Å². The van der Waals surface area contributed by atoms with Crippen molar-refractivity contribution in [2.24, 2.45) is 0 Å². The molecule has 0 aromatic heterocycles. The fourth-order valence-electron chi connectivity index (χ4n) is 2.53. The van der Waals surface area contributed by atoms with Crippen LogP contribution in [0.4, 0.5) is 8.78 Å². The van der Waals surface area contributed by atoms with Gasteiger partial charge in [-0.15, -0.1) is 0 Å². The van der Waals surface area contributed by atoms with E-state index in [9.17, 15) is 8.78 Å². The Balaban J connectivity index is 1.93. The first-order valence-corrected chi connectivity index (χ1v) is 8.28. The molecule has 2 N–H and O–H groups in total. The summed E-state index contributed by atoms with van der Waals surface area (Å²) in [5.41, 5.74) is 1.89. The number of rotatable bonds is 10. The minimum absolute atomic E-state index is 0.125. The van der Waals surface area contributed by atoms with Gasteiger partial charge in [-0.1, -0.05) is 18.2 Å². The average Bonchev–Trinajstić information content (AvgIpc) is 2.61. The molecule has 0 fully saturated rings. The summed E-state index contributed by atoms with van der Waals surface area (Å²) in [4.78, 5) is 0. The molecule has 0 aliphatic carbocycles. The zero-order valence-electron chi connectivity index (χ0n) is 14.5. The molecule has 0 radical (unpaired) electrons. The first-order chi connectivity index (χ1) is 12.1. The third-order valence-electron chi connectivity index (χ3n) is 3.73. The van der Waals surface area contributed by atoms with Crippen molar-refractivity contribution in [3.63, 3.8) is 0 Å². The number of quaternary nitrogens is 1. The van der Waals surface area contributed by atoms with Crippen molar-refractivity contribution in [2.45, 2.75) is 26.5 Å². The van der Waals surface area contributed by atoms with Gasteiger partial charge in [0.25, 0.3) is 0 Å². The largest absolute Gasteiger partial charge is 0.497 e. The number of alkyl halides is 2. The van der Waals surface area contributed by atoms with Crippen molar-refractivity contribution < 1.29 is 28.3 Å². The van der Waals surface area contributed by atoms with Gasteiger partial charge in [0.15, 0.2) is 11.5 Å². The van der Waals surface area contributed by atoms with E-state index in [-0.39, 0.29) is 5.75 Å². The van der Waals surface area contributed by atoms with Crippen LogP contribution >= 0.6 is 0 Å². The lowest BCUT2D eigenvalue weighted by Crippen LogP contribution is -2.83. The monoisotopic (exact) mass is 352 g/mol. The van der Waals surface area contributed by atoms with Crippen LogP contribution in [0.2, 0.25) is 0 Å².